The average molecular weight is 882 g/mol. The maximum atomic E-state index is 15.0. The molecule has 0 spiro atoms. The number of pyridine rings is 1. The van der Waals surface area contributed by atoms with Crippen molar-refractivity contribution in [2.45, 2.75) is 170 Å². The van der Waals surface area contributed by atoms with Gasteiger partial charge in [-0.25, -0.2) is 4.98 Å². The van der Waals surface area contributed by atoms with Crippen molar-refractivity contribution in [3.63, 3.8) is 0 Å². The number of allylic oxidation sites excluding steroid dienone is 1. The van der Waals surface area contributed by atoms with Crippen molar-refractivity contribution >= 4 is 35.7 Å². The minimum atomic E-state index is -0.808. The first-order valence-electron chi connectivity index (χ1n) is 24.9. The molecule has 10 atom stereocenters. The van der Waals surface area contributed by atoms with Gasteiger partial charge in [-0.15, -0.1) is 0 Å². The molecule has 9 rings (SSSR count). The Hall–Kier alpha value is -3.60. The zero-order chi connectivity index (χ0) is 45.8. The molecule has 2 heterocycles. The van der Waals surface area contributed by atoms with E-state index in [9.17, 15) is 19.2 Å². The van der Waals surface area contributed by atoms with Gasteiger partial charge in [-0.1, -0.05) is 68.7 Å². The van der Waals surface area contributed by atoms with Crippen LogP contribution in [-0.4, -0.2) is 78.9 Å². The number of rotatable bonds is 11. The van der Waals surface area contributed by atoms with Crippen molar-refractivity contribution in [3.8, 4) is 0 Å². The molecule has 64 heavy (non-hydrogen) atoms. The first-order chi connectivity index (χ1) is 30.2. The van der Waals surface area contributed by atoms with E-state index in [2.05, 4.69) is 63.7 Å². The quantitative estimate of drug-likeness (QED) is 0.130. The Morgan fingerprint density at radius 3 is 2.28 bits per heavy atom. The fourth-order valence-corrected chi connectivity index (χ4v) is 16.2. The number of aromatic nitrogens is 1. The summed E-state index contributed by atoms with van der Waals surface area (Å²) in [6.07, 6.45) is 12.1. The van der Waals surface area contributed by atoms with E-state index in [1.807, 2.05) is 26.0 Å². The topological polar surface area (TPSA) is 141 Å². The first-order valence-corrected chi connectivity index (χ1v) is 24.9. The van der Waals surface area contributed by atoms with Crippen molar-refractivity contribution in [3.05, 3.63) is 35.0 Å². The SMILES string of the molecule is CC(C)C1=C2[C@H]3CC[C@@H]4[C@@]5(C)CC[C@H](OC(=O)[C@H]6C[C@@H](OC=O)C6(C)C)C(C)(C)[C@@H]5CC[C@@]4(C)[C@]3(C)CC[C@@]2(NC(=O)C2(CC(=O)c3cccnc3N3CCOCC3)CCC2)CC1=O. The summed E-state index contributed by atoms with van der Waals surface area (Å²) < 4.78 is 17.4. The highest BCUT2D eigenvalue weighted by Gasteiger charge is 2.71. The number of morpholine rings is 1. The summed E-state index contributed by atoms with van der Waals surface area (Å²) in [6.45, 7) is 23.6. The molecule has 1 aromatic heterocycles. The van der Waals surface area contributed by atoms with E-state index < -0.39 is 16.4 Å². The van der Waals surface area contributed by atoms with Crippen LogP contribution in [-0.2, 0) is 33.4 Å². The number of esters is 1. The van der Waals surface area contributed by atoms with E-state index >= 15 is 4.79 Å². The highest BCUT2D eigenvalue weighted by atomic mass is 16.6. The number of Topliss-reactive ketones (excluding diaryl/α,β-unsaturated/α-hetero) is 2. The number of hydrogen-bond acceptors (Lipinski definition) is 10. The Morgan fingerprint density at radius 2 is 1.62 bits per heavy atom. The Balaban J connectivity index is 0.957. The number of anilines is 1. The number of amides is 1. The molecule has 11 nitrogen and oxygen atoms in total. The molecule has 7 aliphatic carbocycles. The standard InChI is InChI=1S/C53H75N3O8/c1-32(2)42-37(59)30-53(55-46(61)52(17-11-18-52)29-36(58)33-12-10-23-54-44(33)56-24-26-62-27-25-56)22-21-50(8)34(43(42)53)13-14-39-49(7)19-16-40(48(5,6)38(49)15-20-51(39,50)9)64-45(60)35-28-41(63-31-57)47(35,3)4/h10,12,23,31-32,34-35,38-41H,11,13-22,24-30H2,1-9H3,(H,55,61)/t34-,35-,38+,39-,40+,41-,49+,50-,51-,53-/m1/s1. The number of carbonyl (C=O) groups excluding carboxylic acids is 5. The number of ketones is 2. The largest absolute Gasteiger partial charge is 0.464 e. The highest BCUT2D eigenvalue weighted by Crippen LogP contribution is 2.76. The van der Waals surface area contributed by atoms with Crippen LogP contribution < -0.4 is 10.2 Å². The van der Waals surface area contributed by atoms with Gasteiger partial charge in [0.15, 0.2) is 11.6 Å². The number of nitrogens with zero attached hydrogens (tertiary/aromatic N) is 2. The third-order valence-electron chi connectivity index (χ3n) is 20.4. The molecular formula is C53H75N3O8. The predicted octanol–water partition coefficient (Wildman–Crippen LogP) is 9.01. The average Bonchev–Trinajstić information content (AvgIpc) is 3.53. The van der Waals surface area contributed by atoms with E-state index in [0.717, 1.165) is 63.4 Å². The highest BCUT2D eigenvalue weighted by molar-refractivity contribution is 6.05. The van der Waals surface area contributed by atoms with Gasteiger partial charge in [-0.3, -0.25) is 24.0 Å². The molecule has 7 fully saturated rings. The zero-order valence-corrected chi connectivity index (χ0v) is 40.2. The van der Waals surface area contributed by atoms with Crippen LogP contribution in [0.25, 0.3) is 0 Å². The fraction of sp³-hybridized carbons (Fsp3) is 0.774. The molecule has 1 aliphatic heterocycles. The molecule has 1 N–H and O–H groups in total. The molecule has 6 saturated carbocycles. The van der Waals surface area contributed by atoms with Gasteiger partial charge in [-0.05, 0) is 134 Å². The van der Waals surface area contributed by atoms with Crippen molar-refractivity contribution in [2.24, 2.45) is 62.1 Å². The fourth-order valence-electron chi connectivity index (χ4n) is 16.2. The van der Waals surface area contributed by atoms with E-state index in [4.69, 9.17) is 14.2 Å². The molecule has 8 aliphatic rings. The second kappa shape index (κ2) is 15.8. The van der Waals surface area contributed by atoms with E-state index in [1.54, 1.807) is 6.20 Å². The van der Waals surface area contributed by atoms with Crippen molar-refractivity contribution in [1.82, 2.24) is 10.3 Å². The lowest BCUT2D eigenvalue weighted by Gasteiger charge is -2.72. The maximum Gasteiger partial charge on any atom is 0.310 e. The van der Waals surface area contributed by atoms with E-state index in [1.165, 1.54) is 5.57 Å². The van der Waals surface area contributed by atoms with Crippen molar-refractivity contribution in [1.29, 1.82) is 0 Å². The van der Waals surface area contributed by atoms with Crippen LogP contribution >= 0.6 is 0 Å². The molecule has 11 heteroatoms. The molecule has 1 amide bonds. The summed E-state index contributed by atoms with van der Waals surface area (Å²) >= 11 is 0. The molecule has 0 aromatic carbocycles. The summed E-state index contributed by atoms with van der Waals surface area (Å²) in [5.74, 6) is 1.33. The molecule has 1 saturated heterocycles. The minimum absolute atomic E-state index is 0.00469. The number of hydrogen-bond donors (Lipinski definition) is 1. The van der Waals surface area contributed by atoms with Gasteiger partial charge < -0.3 is 24.4 Å². The summed E-state index contributed by atoms with van der Waals surface area (Å²) in [5.41, 5.74) is 0.471. The van der Waals surface area contributed by atoms with Crippen LogP contribution in [0.2, 0.25) is 0 Å². The zero-order valence-electron chi connectivity index (χ0n) is 40.2. The van der Waals surface area contributed by atoms with Gasteiger partial charge in [0.05, 0.1) is 35.6 Å². The van der Waals surface area contributed by atoms with Gasteiger partial charge in [0, 0.05) is 43.0 Å². The third kappa shape index (κ3) is 6.63. The molecule has 0 radical (unpaired) electrons. The summed E-state index contributed by atoms with van der Waals surface area (Å²) in [7, 11) is 0. The molecular weight excluding hydrogens is 807 g/mol. The number of fused-ring (bicyclic) bond motifs is 7. The van der Waals surface area contributed by atoms with Gasteiger partial charge in [-0.2, -0.15) is 0 Å². The third-order valence-corrected chi connectivity index (χ3v) is 20.4. The molecule has 350 valence electrons. The summed E-state index contributed by atoms with van der Waals surface area (Å²) in [5, 5.41) is 3.66. The van der Waals surface area contributed by atoms with Crippen molar-refractivity contribution in [2.75, 3.05) is 31.2 Å². The lowest BCUT2D eigenvalue weighted by atomic mass is 9.33. The van der Waals surface area contributed by atoms with Crippen LogP contribution in [0.5, 0.6) is 0 Å². The molecule has 0 bridgehead atoms. The monoisotopic (exact) mass is 882 g/mol. The van der Waals surface area contributed by atoms with Gasteiger partial charge in [0.1, 0.15) is 18.0 Å². The van der Waals surface area contributed by atoms with Crippen molar-refractivity contribution < 1.29 is 38.2 Å². The Labute approximate surface area is 381 Å². The van der Waals surface area contributed by atoms with E-state index in [-0.39, 0.29) is 81.5 Å². The Morgan fingerprint density at radius 1 is 0.891 bits per heavy atom. The van der Waals surface area contributed by atoms with E-state index in [0.29, 0.717) is 81.7 Å². The van der Waals surface area contributed by atoms with Gasteiger partial charge >= 0.3 is 5.97 Å². The lowest BCUT2D eigenvalue weighted by Crippen LogP contribution is -2.68. The first kappa shape index (κ1) is 45.6. The van der Waals surface area contributed by atoms with Crippen LogP contribution in [0.1, 0.15) is 163 Å². The van der Waals surface area contributed by atoms with Crippen LogP contribution in [0.3, 0.4) is 0 Å². The van der Waals surface area contributed by atoms with Crippen LogP contribution in [0.4, 0.5) is 5.82 Å². The maximum absolute atomic E-state index is 15.0. The molecule has 0 unspecified atom stereocenters. The lowest BCUT2D eigenvalue weighted by molar-refractivity contribution is -0.236. The normalized spacial score (nSPS) is 39.2. The number of carbonyl (C=O) groups is 5. The van der Waals surface area contributed by atoms with Crippen LogP contribution in [0, 0.1) is 62.1 Å². The van der Waals surface area contributed by atoms with Crippen LogP contribution in [0.15, 0.2) is 29.5 Å². The summed E-state index contributed by atoms with van der Waals surface area (Å²) in [4.78, 5) is 75.3. The number of nitrogens with one attached hydrogen (secondary N) is 1. The number of ether oxygens (including phenoxy) is 3. The van der Waals surface area contributed by atoms with Gasteiger partial charge in [0.25, 0.3) is 6.47 Å². The Bertz CT molecular complexity index is 2120. The van der Waals surface area contributed by atoms with Gasteiger partial charge in [0.2, 0.25) is 5.91 Å². The predicted molar refractivity (Wildman–Crippen MR) is 243 cm³/mol. The second-order valence-electron chi connectivity index (χ2n) is 24.1. The second-order valence-corrected chi connectivity index (χ2v) is 24.1. The minimum Gasteiger partial charge on any atom is -0.464 e. The Kier molecular flexibility index (Phi) is 11.2. The smallest absolute Gasteiger partial charge is 0.310 e. The molecule has 1 aromatic rings. The summed E-state index contributed by atoms with van der Waals surface area (Å²) in [6, 6.07) is 3.66.